The summed E-state index contributed by atoms with van der Waals surface area (Å²) in [5.74, 6) is 1.90. The summed E-state index contributed by atoms with van der Waals surface area (Å²) in [4.78, 5) is 7.25. The first-order chi connectivity index (χ1) is 9.68. The van der Waals surface area contributed by atoms with Gasteiger partial charge < -0.3 is 10.2 Å². The van der Waals surface area contributed by atoms with Crippen molar-refractivity contribution in [2.45, 2.75) is 53.5 Å². The van der Waals surface area contributed by atoms with Gasteiger partial charge in [0.05, 0.1) is 0 Å². The van der Waals surface area contributed by atoms with Gasteiger partial charge in [-0.3, -0.25) is 0 Å². The summed E-state index contributed by atoms with van der Waals surface area (Å²) >= 11 is 0. The molecule has 114 valence electrons. The zero-order chi connectivity index (χ0) is 15.0. The average molecular weight is 277 g/mol. The van der Waals surface area contributed by atoms with Crippen LogP contribution in [0.25, 0.3) is 0 Å². The third-order valence-corrected chi connectivity index (χ3v) is 4.01. The molecule has 0 saturated carbocycles. The molecule has 0 amide bonds. The second kappa shape index (κ2) is 8.96. The van der Waals surface area contributed by atoms with E-state index >= 15 is 0 Å². The van der Waals surface area contributed by atoms with Crippen LogP contribution in [0.2, 0.25) is 0 Å². The molecule has 0 fully saturated rings. The third kappa shape index (κ3) is 4.78. The Morgan fingerprint density at radius 2 is 1.85 bits per heavy atom. The maximum absolute atomic E-state index is 4.83. The van der Waals surface area contributed by atoms with Crippen molar-refractivity contribution < 1.29 is 0 Å². The molecule has 0 aliphatic heterocycles. The van der Waals surface area contributed by atoms with E-state index < -0.39 is 0 Å². The summed E-state index contributed by atoms with van der Waals surface area (Å²) < 4.78 is 0. The predicted molar refractivity (Wildman–Crippen MR) is 88.3 cm³/mol. The van der Waals surface area contributed by atoms with Crippen molar-refractivity contribution in [2.75, 3.05) is 25.0 Å². The van der Waals surface area contributed by atoms with Gasteiger partial charge in [-0.1, -0.05) is 33.6 Å². The van der Waals surface area contributed by atoms with E-state index in [1.54, 1.807) is 0 Å². The molecule has 0 radical (unpaired) electrons. The molecule has 3 nitrogen and oxygen atoms in total. The Bertz CT molecular complexity index is 386. The van der Waals surface area contributed by atoms with Crippen molar-refractivity contribution in [3.8, 4) is 0 Å². The maximum atomic E-state index is 4.83. The lowest BCUT2D eigenvalue weighted by atomic mass is 10.0. The maximum Gasteiger partial charge on any atom is 0.129 e. The molecule has 1 N–H and O–H groups in total. The normalized spacial score (nSPS) is 11.1. The Kier molecular flexibility index (Phi) is 7.60. The molecule has 0 spiro atoms. The SMILES string of the molecule is CCc1cc(CNC)cc(N(CC)CC(CC)CC)n1. The van der Waals surface area contributed by atoms with Crippen molar-refractivity contribution in [1.82, 2.24) is 10.3 Å². The minimum atomic E-state index is 0.759. The highest BCUT2D eigenvalue weighted by molar-refractivity contribution is 5.43. The minimum absolute atomic E-state index is 0.759. The highest BCUT2D eigenvalue weighted by Crippen LogP contribution is 2.19. The molecule has 1 aromatic heterocycles. The molecule has 0 unspecified atom stereocenters. The average Bonchev–Trinajstić information content (AvgIpc) is 2.48. The van der Waals surface area contributed by atoms with Gasteiger partial charge in [0.15, 0.2) is 0 Å². The van der Waals surface area contributed by atoms with Gasteiger partial charge in [0.2, 0.25) is 0 Å². The second-order valence-corrected chi connectivity index (χ2v) is 5.43. The van der Waals surface area contributed by atoms with Crippen LogP contribution in [0.5, 0.6) is 0 Å². The van der Waals surface area contributed by atoms with E-state index in [-0.39, 0.29) is 0 Å². The van der Waals surface area contributed by atoms with Gasteiger partial charge in [0, 0.05) is 25.3 Å². The molecular weight excluding hydrogens is 246 g/mol. The third-order valence-electron chi connectivity index (χ3n) is 4.01. The fourth-order valence-electron chi connectivity index (χ4n) is 2.53. The number of anilines is 1. The van der Waals surface area contributed by atoms with Crippen LogP contribution in [0.4, 0.5) is 5.82 Å². The summed E-state index contributed by atoms with van der Waals surface area (Å²) in [6.45, 7) is 12.0. The monoisotopic (exact) mass is 277 g/mol. The Balaban J connectivity index is 2.97. The quantitative estimate of drug-likeness (QED) is 0.747. The number of aromatic nitrogens is 1. The number of nitrogens with zero attached hydrogens (tertiary/aromatic N) is 2. The van der Waals surface area contributed by atoms with Crippen LogP contribution < -0.4 is 10.2 Å². The molecule has 1 aromatic rings. The van der Waals surface area contributed by atoms with Gasteiger partial charge in [-0.2, -0.15) is 0 Å². The van der Waals surface area contributed by atoms with E-state index in [2.05, 4.69) is 50.0 Å². The summed E-state index contributed by atoms with van der Waals surface area (Å²) in [5, 5.41) is 3.24. The molecule has 0 atom stereocenters. The lowest BCUT2D eigenvalue weighted by molar-refractivity contribution is 0.484. The smallest absolute Gasteiger partial charge is 0.129 e. The van der Waals surface area contributed by atoms with Gasteiger partial charge in [-0.25, -0.2) is 4.98 Å². The first kappa shape index (κ1) is 17.0. The fourth-order valence-corrected chi connectivity index (χ4v) is 2.53. The van der Waals surface area contributed by atoms with Crippen molar-refractivity contribution in [1.29, 1.82) is 0 Å². The number of rotatable bonds is 9. The molecule has 20 heavy (non-hydrogen) atoms. The lowest BCUT2D eigenvalue weighted by Crippen LogP contribution is -2.30. The van der Waals surface area contributed by atoms with Crippen molar-refractivity contribution in [2.24, 2.45) is 5.92 Å². The molecule has 0 saturated heterocycles. The van der Waals surface area contributed by atoms with E-state index in [1.807, 2.05) is 7.05 Å². The van der Waals surface area contributed by atoms with Crippen molar-refractivity contribution >= 4 is 5.82 Å². The highest BCUT2D eigenvalue weighted by Gasteiger charge is 2.13. The molecule has 1 rings (SSSR count). The van der Waals surface area contributed by atoms with Gasteiger partial charge >= 0.3 is 0 Å². The van der Waals surface area contributed by atoms with E-state index in [0.717, 1.165) is 37.8 Å². The number of nitrogens with one attached hydrogen (secondary N) is 1. The Hall–Kier alpha value is -1.09. The van der Waals surface area contributed by atoms with Crippen LogP contribution in [-0.4, -0.2) is 25.1 Å². The summed E-state index contributed by atoms with van der Waals surface area (Å²) in [6, 6.07) is 4.45. The summed E-state index contributed by atoms with van der Waals surface area (Å²) in [6.07, 6.45) is 3.47. The molecule has 1 heterocycles. The minimum Gasteiger partial charge on any atom is -0.357 e. The zero-order valence-corrected chi connectivity index (χ0v) is 13.9. The molecule has 0 aliphatic rings. The fraction of sp³-hybridized carbons (Fsp3) is 0.706. The Morgan fingerprint density at radius 1 is 1.15 bits per heavy atom. The van der Waals surface area contributed by atoms with E-state index in [9.17, 15) is 0 Å². The van der Waals surface area contributed by atoms with Crippen molar-refractivity contribution in [3.63, 3.8) is 0 Å². The molecule has 0 aromatic carbocycles. The first-order valence-electron chi connectivity index (χ1n) is 8.07. The van der Waals surface area contributed by atoms with Crippen LogP contribution in [0.1, 0.15) is 51.8 Å². The molecule has 3 heteroatoms. The molecular formula is C17H31N3. The van der Waals surface area contributed by atoms with Gasteiger partial charge in [-0.15, -0.1) is 0 Å². The summed E-state index contributed by atoms with van der Waals surface area (Å²) in [5.41, 5.74) is 2.52. The van der Waals surface area contributed by atoms with E-state index in [4.69, 9.17) is 4.98 Å². The number of aryl methyl sites for hydroxylation is 1. The summed E-state index contributed by atoms with van der Waals surface area (Å²) in [7, 11) is 1.99. The highest BCUT2D eigenvalue weighted by atomic mass is 15.2. The van der Waals surface area contributed by atoms with Gasteiger partial charge in [-0.05, 0) is 44.0 Å². The van der Waals surface area contributed by atoms with Gasteiger partial charge in [0.1, 0.15) is 5.82 Å². The van der Waals surface area contributed by atoms with Crippen LogP contribution in [0, 0.1) is 5.92 Å². The van der Waals surface area contributed by atoms with E-state index in [1.165, 1.54) is 24.1 Å². The van der Waals surface area contributed by atoms with Crippen LogP contribution in [-0.2, 0) is 13.0 Å². The topological polar surface area (TPSA) is 28.2 Å². The molecule has 0 aliphatic carbocycles. The number of hydrogen-bond acceptors (Lipinski definition) is 3. The first-order valence-corrected chi connectivity index (χ1v) is 8.07. The predicted octanol–water partition coefficient (Wildman–Crippen LogP) is 3.63. The molecule has 0 bridgehead atoms. The van der Waals surface area contributed by atoms with Crippen LogP contribution >= 0.6 is 0 Å². The lowest BCUT2D eigenvalue weighted by Gasteiger charge is -2.27. The second-order valence-electron chi connectivity index (χ2n) is 5.43. The Labute approximate surface area is 124 Å². The zero-order valence-electron chi connectivity index (χ0n) is 13.9. The van der Waals surface area contributed by atoms with Crippen molar-refractivity contribution in [3.05, 3.63) is 23.4 Å². The van der Waals surface area contributed by atoms with Crippen LogP contribution in [0.15, 0.2) is 12.1 Å². The van der Waals surface area contributed by atoms with Crippen LogP contribution in [0.3, 0.4) is 0 Å². The van der Waals surface area contributed by atoms with E-state index in [0.29, 0.717) is 0 Å². The number of pyridine rings is 1. The Morgan fingerprint density at radius 3 is 2.35 bits per heavy atom. The standard InChI is InChI=1S/C17H31N3/c1-6-14(7-2)13-20(9-4)17-11-15(12-18-5)10-16(8-3)19-17/h10-11,14,18H,6-9,12-13H2,1-5H3. The number of hydrogen-bond donors (Lipinski definition) is 1. The largest absolute Gasteiger partial charge is 0.357 e. The van der Waals surface area contributed by atoms with Gasteiger partial charge in [0.25, 0.3) is 0 Å².